The maximum absolute atomic E-state index is 11.5. The van der Waals surface area contributed by atoms with Gasteiger partial charge in [-0.05, 0) is 35.4 Å². The highest BCUT2D eigenvalue weighted by atomic mass is 31.2. The average Bonchev–Trinajstić information content (AvgIpc) is 2.65. The molecule has 0 fully saturated rings. The van der Waals surface area contributed by atoms with Crippen LogP contribution in [-0.4, -0.2) is 43.3 Å². The number of aromatic hydroxyl groups is 1. The van der Waals surface area contributed by atoms with Crippen LogP contribution in [0.15, 0.2) is 30.3 Å². The lowest BCUT2D eigenvalue weighted by Crippen LogP contribution is -2.08. The van der Waals surface area contributed by atoms with Gasteiger partial charge in [-0.15, -0.1) is 0 Å². The van der Waals surface area contributed by atoms with Gasteiger partial charge in [0.15, 0.2) is 23.0 Å². The van der Waals surface area contributed by atoms with E-state index in [0.29, 0.717) is 28.4 Å². The highest BCUT2D eigenvalue weighted by Gasteiger charge is 2.27. The molecule has 0 aliphatic carbocycles. The first-order chi connectivity index (χ1) is 13.2. The van der Waals surface area contributed by atoms with Gasteiger partial charge in [-0.25, -0.2) is 4.57 Å². The summed E-state index contributed by atoms with van der Waals surface area (Å²) in [6.07, 6.45) is -0.997. The van der Waals surface area contributed by atoms with Gasteiger partial charge in [0, 0.05) is 6.42 Å². The highest BCUT2D eigenvalue weighted by molar-refractivity contribution is 7.46. The molecule has 0 saturated carbocycles. The molecule has 0 unspecified atom stereocenters. The van der Waals surface area contributed by atoms with Crippen LogP contribution in [0.1, 0.15) is 17.2 Å². The number of rotatable bonds is 9. The van der Waals surface area contributed by atoms with Crippen molar-refractivity contribution < 1.29 is 42.9 Å². The Labute approximate surface area is 162 Å². The Balaban J connectivity index is 2.49. The molecule has 0 radical (unpaired) electrons. The smallest absolute Gasteiger partial charge is 0.470 e. The minimum absolute atomic E-state index is 0.0568. The Morgan fingerprint density at radius 2 is 1.46 bits per heavy atom. The van der Waals surface area contributed by atoms with Gasteiger partial charge in [0.05, 0.1) is 34.5 Å². The molecule has 10 heteroatoms. The maximum atomic E-state index is 11.5. The fourth-order valence-electron chi connectivity index (χ4n) is 2.75. The third-order valence-electron chi connectivity index (χ3n) is 3.99. The summed E-state index contributed by atoms with van der Waals surface area (Å²) in [6, 6.07) is 7.74. The van der Waals surface area contributed by atoms with E-state index < -0.39 is 13.9 Å². The quantitative estimate of drug-likeness (QED) is 0.531. The number of phenols is 1. The summed E-state index contributed by atoms with van der Waals surface area (Å²) in [6.45, 7) is 0. The maximum Gasteiger partial charge on any atom is 0.470 e. The Morgan fingerprint density at radius 1 is 0.893 bits per heavy atom. The van der Waals surface area contributed by atoms with E-state index in [-0.39, 0.29) is 17.9 Å². The molecule has 0 bridgehead atoms. The third-order valence-corrected chi connectivity index (χ3v) is 4.52. The second-order valence-corrected chi connectivity index (χ2v) is 6.95. The average molecular weight is 414 g/mol. The van der Waals surface area contributed by atoms with Gasteiger partial charge < -0.3 is 33.8 Å². The Morgan fingerprint density at radius 3 is 1.89 bits per heavy atom. The number of benzene rings is 2. The van der Waals surface area contributed by atoms with Gasteiger partial charge in [0.1, 0.15) is 0 Å². The standard InChI is InChI=1S/C18H23O9P/c1-23-14-6-5-11(7-13(14)19)8-15(27-28(20,21)22)12-9-16(24-2)18(26-4)17(10-12)25-3/h5-7,9-10,15,19H,8H2,1-4H3,(H2,20,21,22)/t15-/m1/s1. The van der Waals surface area contributed by atoms with Crippen LogP contribution in [0, 0.1) is 0 Å². The first-order valence-corrected chi connectivity index (χ1v) is 9.65. The predicted octanol–water partition coefficient (Wildman–Crippen LogP) is 2.82. The number of phosphoric ester groups is 1. The van der Waals surface area contributed by atoms with Gasteiger partial charge in [-0.1, -0.05) is 6.07 Å². The molecule has 3 N–H and O–H groups in total. The van der Waals surface area contributed by atoms with E-state index in [1.807, 2.05) is 0 Å². The van der Waals surface area contributed by atoms with Crippen molar-refractivity contribution >= 4 is 7.82 Å². The molecule has 0 aromatic heterocycles. The van der Waals surface area contributed by atoms with Crippen molar-refractivity contribution in [2.75, 3.05) is 28.4 Å². The summed E-state index contributed by atoms with van der Waals surface area (Å²) in [5.41, 5.74) is 0.971. The molecule has 0 spiro atoms. The molecule has 0 aliphatic rings. The van der Waals surface area contributed by atoms with Crippen molar-refractivity contribution in [3.05, 3.63) is 41.5 Å². The molecular weight excluding hydrogens is 391 g/mol. The summed E-state index contributed by atoms with van der Waals surface area (Å²) in [5.74, 6) is 1.15. The van der Waals surface area contributed by atoms with Crippen LogP contribution in [0.2, 0.25) is 0 Å². The molecule has 154 valence electrons. The van der Waals surface area contributed by atoms with E-state index in [0.717, 1.165) is 0 Å². The van der Waals surface area contributed by atoms with Crippen molar-refractivity contribution in [2.45, 2.75) is 12.5 Å². The fraction of sp³-hybridized carbons (Fsp3) is 0.333. The summed E-state index contributed by atoms with van der Waals surface area (Å²) in [5, 5.41) is 9.96. The SMILES string of the molecule is COc1ccc(C[C@@H](OP(=O)(O)O)c2cc(OC)c(OC)c(OC)c2)cc1O. The molecule has 0 aliphatic heterocycles. The molecule has 2 rings (SSSR count). The van der Waals surface area contributed by atoms with Gasteiger partial charge in [-0.2, -0.15) is 0 Å². The minimum atomic E-state index is -4.82. The molecule has 0 amide bonds. The second-order valence-electron chi connectivity index (χ2n) is 5.75. The largest absolute Gasteiger partial charge is 0.504 e. The Kier molecular flexibility index (Phi) is 7.15. The van der Waals surface area contributed by atoms with Crippen LogP contribution >= 0.6 is 7.82 Å². The van der Waals surface area contributed by atoms with Crippen molar-refractivity contribution in [1.29, 1.82) is 0 Å². The Hall–Kier alpha value is -2.45. The predicted molar refractivity (Wildman–Crippen MR) is 100 cm³/mol. The van der Waals surface area contributed by atoms with Gasteiger partial charge >= 0.3 is 7.82 Å². The normalized spacial score (nSPS) is 12.4. The number of ether oxygens (including phenoxy) is 4. The van der Waals surface area contributed by atoms with E-state index >= 15 is 0 Å². The topological polar surface area (TPSA) is 124 Å². The third kappa shape index (κ3) is 5.30. The number of phosphoric acid groups is 1. The summed E-state index contributed by atoms with van der Waals surface area (Å²) in [4.78, 5) is 18.7. The molecule has 2 aromatic carbocycles. The van der Waals surface area contributed by atoms with Crippen LogP contribution in [0.25, 0.3) is 0 Å². The van der Waals surface area contributed by atoms with Crippen LogP contribution < -0.4 is 18.9 Å². The van der Waals surface area contributed by atoms with Crippen LogP contribution in [0.4, 0.5) is 0 Å². The fourth-order valence-corrected chi connectivity index (χ4v) is 3.27. The number of hydrogen-bond donors (Lipinski definition) is 3. The molecule has 0 heterocycles. The lowest BCUT2D eigenvalue weighted by Gasteiger charge is -2.21. The lowest BCUT2D eigenvalue weighted by molar-refractivity contribution is 0.133. The Bertz CT molecular complexity index is 837. The van der Waals surface area contributed by atoms with Crippen LogP contribution in [-0.2, 0) is 15.5 Å². The zero-order valence-electron chi connectivity index (χ0n) is 15.9. The van der Waals surface area contributed by atoms with E-state index in [2.05, 4.69) is 0 Å². The molecule has 1 atom stereocenters. The van der Waals surface area contributed by atoms with Crippen molar-refractivity contribution in [3.63, 3.8) is 0 Å². The summed E-state index contributed by atoms with van der Waals surface area (Å²) in [7, 11) is 0.916. The summed E-state index contributed by atoms with van der Waals surface area (Å²) >= 11 is 0. The zero-order valence-corrected chi connectivity index (χ0v) is 16.8. The van der Waals surface area contributed by atoms with E-state index in [1.165, 1.54) is 34.5 Å². The van der Waals surface area contributed by atoms with Gasteiger partial charge in [0.25, 0.3) is 0 Å². The molecule has 28 heavy (non-hydrogen) atoms. The minimum Gasteiger partial charge on any atom is -0.504 e. The van der Waals surface area contributed by atoms with Crippen LogP contribution in [0.3, 0.4) is 0 Å². The van der Waals surface area contributed by atoms with Crippen molar-refractivity contribution in [1.82, 2.24) is 0 Å². The first kappa shape index (κ1) is 21.8. The number of hydrogen-bond acceptors (Lipinski definition) is 7. The van der Waals surface area contributed by atoms with Gasteiger partial charge in [-0.3, -0.25) is 4.52 Å². The van der Waals surface area contributed by atoms with Crippen molar-refractivity contribution in [2.24, 2.45) is 0 Å². The lowest BCUT2D eigenvalue weighted by atomic mass is 10.00. The molecule has 9 nitrogen and oxygen atoms in total. The molecular formula is C18H23O9P. The first-order valence-electron chi connectivity index (χ1n) is 8.12. The van der Waals surface area contributed by atoms with Crippen LogP contribution in [0.5, 0.6) is 28.7 Å². The highest BCUT2D eigenvalue weighted by Crippen LogP contribution is 2.47. The zero-order chi connectivity index (χ0) is 20.9. The molecule has 2 aromatic rings. The monoisotopic (exact) mass is 414 g/mol. The van der Waals surface area contributed by atoms with Crippen molar-refractivity contribution in [3.8, 4) is 28.7 Å². The number of phenolic OH excluding ortho intramolecular Hbond substituents is 1. The van der Waals surface area contributed by atoms with E-state index in [9.17, 15) is 19.5 Å². The number of methoxy groups -OCH3 is 4. The summed E-state index contributed by atoms with van der Waals surface area (Å²) < 4.78 is 37.4. The molecule has 0 saturated heterocycles. The van der Waals surface area contributed by atoms with E-state index in [4.69, 9.17) is 23.5 Å². The van der Waals surface area contributed by atoms with E-state index in [1.54, 1.807) is 24.3 Å². The van der Waals surface area contributed by atoms with Gasteiger partial charge in [0.2, 0.25) is 5.75 Å². The second kappa shape index (κ2) is 9.16.